The van der Waals surface area contributed by atoms with E-state index >= 15 is 0 Å². The van der Waals surface area contributed by atoms with Gasteiger partial charge in [-0.05, 0) is 38.5 Å². The van der Waals surface area contributed by atoms with Gasteiger partial charge in [0, 0.05) is 18.8 Å². The fraction of sp³-hybridized carbons (Fsp3) is 0.810. The highest BCUT2D eigenvalue weighted by Crippen LogP contribution is 2.34. The van der Waals surface area contributed by atoms with Gasteiger partial charge in [0.15, 0.2) is 0 Å². The maximum absolute atomic E-state index is 12.2. The second-order valence-electron chi connectivity index (χ2n) is 7.80. The molecule has 0 aliphatic heterocycles. The third-order valence-electron chi connectivity index (χ3n) is 5.30. The molecule has 1 rings (SSSR count). The van der Waals surface area contributed by atoms with Gasteiger partial charge in [0.1, 0.15) is 5.78 Å². The van der Waals surface area contributed by atoms with Gasteiger partial charge in [-0.25, -0.2) is 0 Å². The summed E-state index contributed by atoms with van der Waals surface area (Å²) in [7, 11) is 0. The number of unbranched alkanes of at least 4 members (excludes halogenated alkanes) is 5. The van der Waals surface area contributed by atoms with Gasteiger partial charge >= 0.3 is 5.97 Å². The first kappa shape index (κ1) is 21.9. The number of ketones is 1. The summed E-state index contributed by atoms with van der Waals surface area (Å²) in [5, 5.41) is 19.1. The van der Waals surface area contributed by atoms with Crippen molar-refractivity contribution >= 4 is 11.8 Å². The summed E-state index contributed by atoms with van der Waals surface area (Å²) >= 11 is 0. The molecular weight excluding hydrogens is 316 g/mol. The SMILES string of the molecule is CCCCCC(C)(O)C=C[C@@H]1CCC(=O)[C@H]1CCCCCCC(=O)O. The normalized spacial score (nSPS) is 23.2. The van der Waals surface area contributed by atoms with E-state index in [0.29, 0.717) is 12.2 Å². The van der Waals surface area contributed by atoms with E-state index < -0.39 is 11.6 Å². The van der Waals surface area contributed by atoms with Gasteiger partial charge in [0.05, 0.1) is 5.60 Å². The molecule has 0 spiro atoms. The number of rotatable bonds is 13. The predicted octanol–water partition coefficient (Wildman–Crippen LogP) is 4.89. The van der Waals surface area contributed by atoms with Crippen molar-refractivity contribution in [2.45, 2.75) is 96.5 Å². The van der Waals surface area contributed by atoms with Crippen molar-refractivity contribution in [3.63, 3.8) is 0 Å². The van der Waals surface area contributed by atoms with Crippen LogP contribution in [0.5, 0.6) is 0 Å². The van der Waals surface area contributed by atoms with Gasteiger partial charge < -0.3 is 10.2 Å². The molecule has 0 aromatic heterocycles. The van der Waals surface area contributed by atoms with E-state index in [4.69, 9.17) is 5.11 Å². The molecule has 1 saturated carbocycles. The number of hydrogen-bond donors (Lipinski definition) is 2. The van der Waals surface area contributed by atoms with E-state index in [1.54, 1.807) is 0 Å². The Labute approximate surface area is 152 Å². The van der Waals surface area contributed by atoms with Crippen LogP contribution in [0.15, 0.2) is 12.2 Å². The second-order valence-corrected chi connectivity index (χ2v) is 7.80. The van der Waals surface area contributed by atoms with Crippen molar-refractivity contribution in [3.05, 3.63) is 12.2 Å². The number of Topliss-reactive ketones (excluding diaryl/α,β-unsaturated/α-hetero) is 1. The molecule has 0 radical (unpaired) electrons. The van der Waals surface area contributed by atoms with E-state index in [9.17, 15) is 14.7 Å². The molecule has 1 aliphatic rings. The second kappa shape index (κ2) is 11.5. The topological polar surface area (TPSA) is 74.6 Å². The smallest absolute Gasteiger partial charge is 0.303 e. The first-order valence-corrected chi connectivity index (χ1v) is 10.0. The number of aliphatic hydroxyl groups is 1. The van der Waals surface area contributed by atoms with Crippen molar-refractivity contribution in [1.82, 2.24) is 0 Å². The maximum atomic E-state index is 12.2. The Balaban J connectivity index is 2.38. The Morgan fingerprint density at radius 1 is 1.20 bits per heavy atom. The zero-order valence-corrected chi connectivity index (χ0v) is 16.0. The minimum Gasteiger partial charge on any atom is -0.481 e. The largest absolute Gasteiger partial charge is 0.481 e. The number of aliphatic carboxylic acids is 1. The number of hydrogen-bond acceptors (Lipinski definition) is 3. The summed E-state index contributed by atoms with van der Waals surface area (Å²) in [5.41, 5.74) is -0.776. The van der Waals surface area contributed by atoms with E-state index in [1.165, 1.54) is 0 Å². The Morgan fingerprint density at radius 3 is 2.60 bits per heavy atom. The third-order valence-corrected chi connectivity index (χ3v) is 5.30. The van der Waals surface area contributed by atoms with Gasteiger partial charge in [-0.1, -0.05) is 57.6 Å². The molecule has 0 heterocycles. The lowest BCUT2D eigenvalue weighted by Gasteiger charge is -2.21. The Hall–Kier alpha value is -1.16. The third kappa shape index (κ3) is 9.20. The zero-order valence-electron chi connectivity index (χ0n) is 16.0. The molecule has 4 heteroatoms. The quantitative estimate of drug-likeness (QED) is 0.365. The van der Waals surface area contributed by atoms with Crippen LogP contribution in [0.3, 0.4) is 0 Å². The number of carbonyl (C=O) groups is 2. The van der Waals surface area contributed by atoms with E-state index in [-0.39, 0.29) is 18.3 Å². The summed E-state index contributed by atoms with van der Waals surface area (Å²) in [5.74, 6) is -0.0423. The van der Waals surface area contributed by atoms with Crippen LogP contribution in [0, 0.1) is 11.8 Å². The molecule has 144 valence electrons. The first-order valence-electron chi connectivity index (χ1n) is 10.0. The minimum atomic E-state index is -0.776. The Morgan fingerprint density at radius 2 is 1.92 bits per heavy atom. The lowest BCUT2D eigenvalue weighted by atomic mass is 9.87. The molecule has 2 N–H and O–H groups in total. The molecule has 1 fully saturated rings. The summed E-state index contributed by atoms with van der Waals surface area (Å²) in [6.45, 7) is 4.01. The molecule has 0 amide bonds. The van der Waals surface area contributed by atoms with Crippen LogP contribution in [-0.4, -0.2) is 27.6 Å². The van der Waals surface area contributed by atoms with Gasteiger partial charge in [0.2, 0.25) is 0 Å². The molecule has 0 aromatic rings. The van der Waals surface area contributed by atoms with Crippen LogP contribution in [0.1, 0.15) is 90.9 Å². The number of carboxylic acids is 1. The van der Waals surface area contributed by atoms with Gasteiger partial charge in [0.25, 0.3) is 0 Å². The van der Waals surface area contributed by atoms with Crippen LogP contribution >= 0.6 is 0 Å². The monoisotopic (exact) mass is 352 g/mol. The van der Waals surface area contributed by atoms with Crippen LogP contribution in [0.4, 0.5) is 0 Å². The van der Waals surface area contributed by atoms with Crippen LogP contribution in [0.2, 0.25) is 0 Å². The number of allylic oxidation sites excluding steroid dienone is 1. The molecule has 0 bridgehead atoms. The summed E-state index contributed by atoms with van der Waals surface area (Å²) in [6, 6.07) is 0. The first-order chi connectivity index (χ1) is 11.9. The lowest BCUT2D eigenvalue weighted by Crippen LogP contribution is -2.21. The van der Waals surface area contributed by atoms with Crippen molar-refractivity contribution in [2.75, 3.05) is 0 Å². The molecule has 1 aliphatic carbocycles. The average Bonchev–Trinajstić information content (AvgIpc) is 2.89. The standard InChI is InChI=1S/C21H36O4/c1-3-4-9-15-21(2,25)16-14-17-12-13-19(22)18(17)10-7-5-6-8-11-20(23)24/h14,16-18,25H,3-13,15H2,1-2H3,(H,23,24)/t17-,18-,21?/m0/s1. The highest BCUT2D eigenvalue weighted by atomic mass is 16.4. The van der Waals surface area contributed by atoms with Gasteiger partial charge in [-0.3, -0.25) is 9.59 Å². The summed E-state index contributed by atoms with van der Waals surface area (Å²) in [6.07, 6.45) is 14.3. The van der Waals surface area contributed by atoms with E-state index in [0.717, 1.165) is 64.2 Å². The van der Waals surface area contributed by atoms with Crippen molar-refractivity contribution < 1.29 is 19.8 Å². The van der Waals surface area contributed by atoms with Crippen LogP contribution in [0.25, 0.3) is 0 Å². The maximum Gasteiger partial charge on any atom is 0.303 e. The average molecular weight is 353 g/mol. The molecule has 0 saturated heterocycles. The van der Waals surface area contributed by atoms with Crippen molar-refractivity contribution in [2.24, 2.45) is 11.8 Å². The molecule has 25 heavy (non-hydrogen) atoms. The fourth-order valence-corrected chi connectivity index (χ4v) is 3.68. The molecule has 1 unspecified atom stereocenters. The van der Waals surface area contributed by atoms with Crippen molar-refractivity contribution in [3.8, 4) is 0 Å². The molecule has 3 atom stereocenters. The molecular formula is C21H36O4. The molecule has 0 aromatic carbocycles. The summed E-state index contributed by atoms with van der Waals surface area (Å²) in [4.78, 5) is 22.6. The Bertz CT molecular complexity index is 439. The lowest BCUT2D eigenvalue weighted by molar-refractivity contribution is -0.137. The van der Waals surface area contributed by atoms with E-state index in [2.05, 4.69) is 13.0 Å². The zero-order chi connectivity index (χ0) is 18.7. The molecule has 4 nitrogen and oxygen atoms in total. The highest BCUT2D eigenvalue weighted by molar-refractivity contribution is 5.83. The highest BCUT2D eigenvalue weighted by Gasteiger charge is 2.32. The van der Waals surface area contributed by atoms with Crippen LogP contribution < -0.4 is 0 Å². The fourth-order valence-electron chi connectivity index (χ4n) is 3.68. The van der Waals surface area contributed by atoms with E-state index in [1.807, 2.05) is 13.0 Å². The van der Waals surface area contributed by atoms with Gasteiger partial charge in [-0.2, -0.15) is 0 Å². The predicted molar refractivity (Wildman–Crippen MR) is 100 cm³/mol. The Kier molecular flexibility index (Phi) is 10.0. The summed E-state index contributed by atoms with van der Waals surface area (Å²) < 4.78 is 0. The van der Waals surface area contributed by atoms with Gasteiger partial charge in [-0.15, -0.1) is 0 Å². The number of carboxylic acid groups (broad SMARTS) is 1. The van der Waals surface area contributed by atoms with Crippen molar-refractivity contribution in [1.29, 1.82) is 0 Å². The minimum absolute atomic E-state index is 0.0853. The van der Waals surface area contributed by atoms with Crippen LogP contribution in [-0.2, 0) is 9.59 Å². The number of carbonyl (C=O) groups excluding carboxylic acids is 1.